The van der Waals surface area contributed by atoms with Gasteiger partial charge in [-0.25, -0.2) is 0 Å². The van der Waals surface area contributed by atoms with Crippen LogP contribution in [0.4, 0.5) is 0 Å². The highest BCUT2D eigenvalue weighted by molar-refractivity contribution is 7.10. The summed E-state index contributed by atoms with van der Waals surface area (Å²) in [5.41, 5.74) is 0.257. The van der Waals surface area contributed by atoms with Gasteiger partial charge in [-0.3, -0.25) is 0 Å². The van der Waals surface area contributed by atoms with Gasteiger partial charge in [0.15, 0.2) is 0 Å². The maximum Gasteiger partial charge on any atom is 0.0115 e. The van der Waals surface area contributed by atoms with E-state index in [9.17, 15) is 0 Å². The second-order valence-electron chi connectivity index (χ2n) is 6.46. The molecule has 2 heterocycles. The van der Waals surface area contributed by atoms with Crippen LogP contribution in [0, 0.1) is 0 Å². The van der Waals surface area contributed by atoms with Crippen molar-refractivity contribution in [1.29, 1.82) is 0 Å². The summed E-state index contributed by atoms with van der Waals surface area (Å²) in [6.45, 7) is 8.16. The lowest BCUT2D eigenvalue weighted by molar-refractivity contribution is 0.175. The first-order valence-electron chi connectivity index (χ1n) is 7.54. The van der Waals surface area contributed by atoms with Gasteiger partial charge in [-0.15, -0.1) is 11.3 Å². The third kappa shape index (κ3) is 4.30. The molecule has 1 atom stereocenters. The molecule has 1 saturated heterocycles. The van der Waals surface area contributed by atoms with E-state index in [1.165, 1.54) is 37.1 Å². The molecule has 2 rings (SSSR count). The molecule has 0 saturated carbocycles. The molecule has 1 unspecified atom stereocenters. The Kier molecular flexibility index (Phi) is 5.43. The standard InChI is InChI=1S/C16H28N2S/c1-16(2,15-8-6-12-19-15)13-17-10-9-14-7-4-5-11-18(14)3/h6,8,12,14,17H,4-5,7,9-11,13H2,1-3H3. The van der Waals surface area contributed by atoms with Gasteiger partial charge in [0, 0.05) is 22.9 Å². The lowest BCUT2D eigenvalue weighted by Gasteiger charge is -2.33. The van der Waals surface area contributed by atoms with Crippen molar-refractivity contribution < 1.29 is 0 Å². The molecule has 1 fully saturated rings. The Balaban J connectivity index is 1.69. The highest BCUT2D eigenvalue weighted by atomic mass is 32.1. The third-order valence-electron chi connectivity index (χ3n) is 4.33. The fraction of sp³-hybridized carbons (Fsp3) is 0.750. The minimum atomic E-state index is 0.257. The monoisotopic (exact) mass is 280 g/mol. The molecule has 108 valence electrons. The van der Waals surface area contributed by atoms with E-state index in [0.29, 0.717) is 0 Å². The third-order valence-corrected chi connectivity index (χ3v) is 5.57. The van der Waals surface area contributed by atoms with Crippen LogP contribution in [0.5, 0.6) is 0 Å². The van der Waals surface area contributed by atoms with Crippen molar-refractivity contribution in [3.63, 3.8) is 0 Å². The molecule has 3 heteroatoms. The Labute approximate surface area is 122 Å². The van der Waals surface area contributed by atoms with Crippen LogP contribution in [0.3, 0.4) is 0 Å². The number of piperidine rings is 1. The van der Waals surface area contributed by atoms with Gasteiger partial charge in [-0.2, -0.15) is 0 Å². The van der Waals surface area contributed by atoms with Crippen molar-refractivity contribution in [3.05, 3.63) is 22.4 Å². The van der Waals surface area contributed by atoms with E-state index in [1.54, 1.807) is 0 Å². The highest BCUT2D eigenvalue weighted by Gasteiger charge is 2.22. The van der Waals surface area contributed by atoms with Crippen LogP contribution in [0.25, 0.3) is 0 Å². The smallest absolute Gasteiger partial charge is 0.0115 e. The fourth-order valence-electron chi connectivity index (χ4n) is 2.93. The Morgan fingerprint density at radius 1 is 1.42 bits per heavy atom. The summed E-state index contributed by atoms with van der Waals surface area (Å²) in [5, 5.41) is 5.84. The lowest BCUT2D eigenvalue weighted by Crippen LogP contribution is -2.39. The molecule has 1 aromatic heterocycles. The molecular weight excluding hydrogens is 252 g/mol. The van der Waals surface area contributed by atoms with Crippen LogP contribution in [0.15, 0.2) is 17.5 Å². The predicted octanol–water partition coefficient (Wildman–Crippen LogP) is 3.49. The molecule has 0 amide bonds. The summed E-state index contributed by atoms with van der Waals surface area (Å²) in [6, 6.07) is 5.20. The largest absolute Gasteiger partial charge is 0.316 e. The molecule has 0 spiro atoms. The van der Waals surface area contributed by atoms with Crippen molar-refractivity contribution in [2.75, 3.05) is 26.7 Å². The van der Waals surface area contributed by atoms with Crippen LogP contribution >= 0.6 is 11.3 Å². The lowest BCUT2D eigenvalue weighted by atomic mass is 9.91. The van der Waals surface area contributed by atoms with E-state index in [0.717, 1.165) is 19.1 Å². The van der Waals surface area contributed by atoms with Crippen molar-refractivity contribution >= 4 is 11.3 Å². The summed E-state index contributed by atoms with van der Waals surface area (Å²) in [6.07, 6.45) is 5.46. The molecule has 19 heavy (non-hydrogen) atoms. The van der Waals surface area contributed by atoms with Crippen LogP contribution in [0.1, 0.15) is 44.4 Å². The minimum Gasteiger partial charge on any atom is -0.316 e. The Morgan fingerprint density at radius 2 is 2.26 bits per heavy atom. The van der Waals surface area contributed by atoms with Gasteiger partial charge >= 0.3 is 0 Å². The van der Waals surface area contributed by atoms with E-state index in [1.807, 2.05) is 11.3 Å². The van der Waals surface area contributed by atoms with Crippen molar-refractivity contribution in [1.82, 2.24) is 10.2 Å². The molecule has 0 aromatic carbocycles. The molecule has 1 aliphatic heterocycles. The van der Waals surface area contributed by atoms with Gasteiger partial charge in [0.05, 0.1) is 0 Å². The second-order valence-corrected chi connectivity index (χ2v) is 7.40. The Morgan fingerprint density at radius 3 is 2.95 bits per heavy atom. The van der Waals surface area contributed by atoms with Crippen molar-refractivity contribution in [3.8, 4) is 0 Å². The zero-order valence-corrected chi connectivity index (χ0v) is 13.4. The van der Waals surface area contributed by atoms with E-state index < -0.39 is 0 Å². The zero-order chi connectivity index (χ0) is 13.7. The number of hydrogen-bond donors (Lipinski definition) is 1. The van der Waals surface area contributed by atoms with Crippen LogP contribution in [-0.4, -0.2) is 37.6 Å². The van der Waals surface area contributed by atoms with E-state index in [2.05, 4.69) is 48.6 Å². The van der Waals surface area contributed by atoms with E-state index >= 15 is 0 Å². The molecule has 2 nitrogen and oxygen atoms in total. The minimum absolute atomic E-state index is 0.257. The van der Waals surface area contributed by atoms with Gasteiger partial charge in [-0.05, 0) is 50.8 Å². The van der Waals surface area contributed by atoms with Crippen LogP contribution in [0.2, 0.25) is 0 Å². The van der Waals surface area contributed by atoms with Gasteiger partial charge in [0.2, 0.25) is 0 Å². The Hall–Kier alpha value is -0.380. The van der Waals surface area contributed by atoms with Gasteiger partial charge in [-0.1, -0.05) is 26.3 Å². The molecule has 1 N–H and O–H groups in total. The SMILES string of the molecule is CN1CCCCC1CCNCC(C)(C)c1cccs1. The maximum absolute atomic E-state index is 3.66. The van der Waals surface area contributed by atoms with Crippen molar-refractivity contribution in [2.45, 2.75) is 51.0 Å². The van der Waals surface area contributed by atoms with Gasteiger partial charge < -0.3 is 10.2 Å². The number of nitrogens with zero attached hydrogens (tertiary/aromatic N) is 1. The maximum atomic E-state index is 3.66. The summed E-state index contributed by atoms with van der Waals surface area (Å²) in [5.74, 6) is 0. The number of hydrogen-bond acceptors (Lipinski definition) is 3. The first kappa shape index (κ1) is 15.0. The van der Waals surface area contributed by atoms with Crippen LogP contribution in [-0.2, 0) is 5.41 Å². The quantitative estimate of drug-likeness (QED) is 0.803. The van der Waals surface area contributed by atoms with E-state index in [-0.39, 0.29) is 5.41 Å². The van der Waals surface area contributed by atoms with Crippen LogP contribution < -0.4 is 5.32 Å². The summed E-state index contributed by atoms with van der Waals surface area (Å²) < 4.78 is 0. The summed E-state index contributed by atoms with van der Waals surface area (Å²) in [7, 11) is 2.28. The van der Waals surface area contributed by atoms with Gasteiger partial charge in [0.25, 0.3) is 0 Å². The predicted molar refractivity (Wildman–Crippen MR) is 85.1 cm³/mol. The second kappa shape index (κ2) is 6.87. The molecule has 1 aromatic rings. The molecule has 0 aliphatic carbocycles. The Bertz CT molecular complexity index is 359. The topological polar surface area (TPSA) is 15.3 Å². The molecule has 1 aliphatic rings. The number of thiophene rings is 1. The number of likely N-dealkylation sites (tertiary alicyclic amines) is 1. The molecule has 0 radical (unpaired) electrons. The highest BCUT2D eigenvalue weighted by Crippen LogP contribution is 2.26. The number of rotatable bonds is 6. The van der Waals surface area contributed by atoms with Crippen molar-refractivity contribution in [2.24, 2.45) is 0 Å². The first-order chi connectivity index (χ1) is 9.09. The zero-order valence-electron chi connectivity index (χ0n) is 12.6. The molecular formula is C16H28N2S. The average molecular weight is 280 g/mol. The normalized spacial score (nSPS) is 21.7. The summed E-state index contributed by atoms with van der Waals surface area (Å²) >= 11 is 1.87. The number of nitrogens with one attached hydrogen (secondary N) is 1. The fourth-order valence-corrected chi connectivity index (χ4v) is 3.78. The average Bonchev–Trinajstić information content (AvgIpc) is 2.91. The molecule has 0 bridgehead atoms. The summed E-state index contributed by atoms with van der Waals surface area (Å²) in [4.78, 5) is 4.02. The van der Waals surface area contributed by atoms with Gasteiger partial charge in [0.1, 0.15) is 0 Å². The first-order valence-corrected chi connectivity index (χ1v) is 8.42. The van der Waals surface area contributed by atoms with E-state index in [4.69, 9.17) is 0 Å².